The molecule has 2 N–H and O–H groups in total. The lowest BCUT2D eigenvalue weighted by molar-refractivity contribution is -0.138. The molecule has 3 aromatic rings. The molecule has 1 aliphatic heterocycles. The largest absolute Gasteiger partial charge is 0.421 e. The Hall–Kier alpha value is -3.50. The van der Waals surface area contributed by atoms with Crippen molar-refractivity contribution in [2.75, 3.05) is 7.05 Å². The van der Waals surface area contributed by atoms with Crippen LogP contribution in [-0.2, 0) is 16.5 Å². The van der Waals surface area contributed by atoms with E-state index in [1.807, 2.05) is 0 Å². The Morgan fingerprint density at radius 1 is 1.15 bits per heavy atom. The number of nitrogens with two attached hydrogens (primary N) is 1. The summed E-state index contributed by atoms with van der Waals surface area (Å²) in [6.07, 6.45) is -3.86. The van der Waals surface area contributed by atoms with Gasteiger partial charge in [-0.25, -0.2) is 18.8 Å². The lowest BCUT2D eigenvalue weighted by Gasteiger charge is -2.34. The summed E-state index contributed by atoms with van der Waals surface area (Å²) in [5.41, 5.74) is 2.11. The Morgan fingerprint density at radius 2 is 1.85 bits per heavy atom. The summed E-state index contributed by atoms with van der Waals surface area (Å²) in [4.78, 5) is 22.2. The highest BCUT2D eigenvalue weighted by Gasteiger charge is 2.42. The van der Waals surface area contributed by atoms with Gasteiger partial charge >= 0.3 is 6.18 Å². The smallest absolute Gasteiger partial charge is 0.369 e. The second-order valence-electron chi connectivity index (χ2n) is 8.88. The second kappa shape index (κ2) is 7.25. The predicted octanol–water partition coefficient (Wildman–Crippen LogP) is 4.59. The third-order valence-corrected chi connectivity index (χ3v) is 6.39. The quantitative estimate of drug-likeness (QED) is 0.561. The van der Waals surface area contributed by atoms with Crippen molar-refractivity contribution < 1.29 is 26.7 Å². The van der Waals surface area contributed by atoms with Gasteiger partial charge in [-0.15, -0.1) is 0 Å². The van der Waals surface area contributed by atoms with Crippen LogP contribution in [0.15, 0.2) is 35.3 Å². The molecule has 1 aliphatic carbocycles. The van der Waals surface area contributed by atoms with Gasteiger partial charge in [-0.05, 0) is 38.0 Å². The zero-order chi connectivity index (χ0) is 24.6. The van der Waals surface area contributed by atoms with Crippen molar-refractivity contribution in [1.82, 2.24) is 14.5 Å². The highest BCUT2D eigenvalue weighted by atomic mass is 19.4. The predicted molar refractivity (Wildman–Crippen MR) is 114 cm³/mol. The molecule has 1 atom stereocenters. The summed E-state index contributed by atoms with van der Waals surface area (Å²) >= 11 is 0. The zero-order valence-electron chi connectivity index (χ0n) is 18.2. The Morgan fingerprint density at radius 3 is 2.47 bits per heavy atom. The highest BCUT2D eigenvalue weighted by Crippen LogP contribution is 2.46. The Bertz CT molecular complexity index is 1370. The first kappa shape index (κ1) is 22.3. The fourth-order valence-electron chi connectivity index (χ4n) is 4.46. The second-order valence-corrected chi connectivity index (χ2v) is 8.88. The molecule has 34 heavy (non-hydrogen) atoms. The summed E-state index contributed by atoms with van der Waals surface area (Å²) < 4.78 is 73.3. The average molecular weight is 477 g/mol. The topological polar surface area (TPSA) is 76.5 Å². The Labute approximate surface area is 190 Å². The number of imidazole rings is 1. The molecule has 0 bridgehead atoms. The third-order valence-electron chi connectivity index (χ3n) is 6.39. The molecule has 0 saturated heterocycles. The Kier molecular flexibility index (Phi) is 4.75. The van der Waals surface area contributed by atoms with Gasteiger partial charge in [0.25, 0.3) is 0 Å². The van der Waals surface area contributed by atoms with Crippen LogP contribution in [0.3, 0.4) is 0 Å². The minimum absolute atomic E-state index is 0.0111. The minimum atomic E-state index is -5.03. The number of amides is 1. The van der Waals surface area contributed by atoms with Crippen LogP contribution in [0.2, 0.25) is 0 Å². The van der Waals surface area contributed by atoms with Gasteiger partial charge in [0.15, 0.2) is 11.8 Å². The maximum absolute atomic E-state index is 16.1. The molecule has 1 aromatic heterocycles. The van der Waals surface area contributed by atoms with Gasteiger partial charge in [0.1, 0.15) is 17.2 Å². The maximum Gasteiger partial charge on any atom is 0.421 e. The summed E-state index contributed by atoms with van der Waals surface area (Å²) in [5, 5.41) is 0. The molecule has 178 valence electrons. The number of hydrogen-bond acceptors (Lipinski definition) is 4. The van der Waals surface area contributed by atoms with Gasteiger partial charge in [-0.3, -0.25) is 14.3 Å². The van der Waals surface area contributed by atoms with Crippen molar-refractivity contribution in [2.24, 2.45) is 10.7 Å². The third kappa shape index (κ3) is 3.33. The normalized spacial score (nSPS) is 21.3. The van der Waals surface area contributed by atoms with Crippen molar-refractivity contribution in [1.29, 1.82) is 0 Å². The molecule has 0 radical (unpaired) electrons. The van der Waals surface area contributed by atoms with Crippen LogP contribution in [0.5, 0.6) is 0 Å². The fraction of sp³-hybridized carbons (Fsp3) is 0.348. The molecule has 5 rings (SSSR count). The number of benzene rings is 2. The molecule has 1 saturated carbocycles. The summed E-state index contributed by atoms with van der Waals surface area (Å²) in [5.74, 6) is -2.77. The number of aliphatic imine (C=N–C) groups is 1. The van der Waals surface area contributed by atoms with E-state index in [9.17, 15) is 22.4 Å². The van der Waals surface area contributed by atoms with Gasteiger partial charge < -0.3 is 5.73 Å². The molecule has 2 heterocycles. The van der Waals surface area contributed by atoms with Gasteiger partial charge in [0.2, 0.25) is 5.91 Å². The van der Waals surface area contributed by atoms with Crippen molar-refractivity contribution in [2.45, 2.75) is 43.8 Å². The van der Waals surface area contributed by atoms with Gasteiger partial charge in [-0.2, -0.15) is 13.2 Å². The van der Waals surface area contributed by atoms with Crippen LogP contribution in [0.4, 0.5) is 22.0 Å². The lowest BCUT2D eigenvalue weighted by atomic mass is 9.87. The van der Waals surface area contributed by atoms with E-state index >= 15 is 4.39 Å². The van der Waals surface area contributed by atoms with E-state index in [1.54, 1.807) is 0 Å². The SMILES string of the molecule is CN1C(=O)C[C@@](C)(c2cccc(-n3c(C4CC4)nc4ccc(F)c(C(F)(F)F)c43)c2F)N=C1N. The minimum Gasteiger partial charge on any atom is -0.369 e. The van der Waals surface area contributed by atoms with Crippen LogP contribution < -0.4 is 5.73 Å². The van der Waals surface area contributed by atoms with Crippen LogP contribution >= 0.6 is 0 Å². The molecule has 0 spiro atoms. The van der Waals surface area contributed by atoms with E-state index in [1.165, 1.54) is 32.2 Å². The summed E-state index contributed by atoms with van der Waals surface area (Å²) in [6, 6.07) is 6.06. The first-order chi connectivity index (χ1) is 15.9. The van der Waals surface area contributed by atoms with E-state index < -0.39 is 34.4 Å². The molecular formula is C23H20F5N5O. The van der Waals surface area contributed by atoms with Crippen molar-refractivity contribution >= 4 is 22.9 Å². The fourth-order valence-corrected chi connectivity index (χ4v) is 4.46. The van der Waals surface area contributed by atoms with Gasteiger partial charge in [0.05, 0.1) is 28.7 Å². The first-order valence-electron chi connectivity index (χ1n) is 10.6. The van der Waals surface area contributed by atoms with E-state index in [2.05, 4.69) is 9.98 Å². The van der Waals surface area contributed by atoms with Gasteiger partial charge in [0, 0.05) is 18.5 Å². The summed E-state index contributed by atoms with van der Waals surface area (Å²) in [7, 11) is 1.44. The highest BCUT2D eigenvalue weighted by molar-refractivity contribution is 5.98. The van der Waals surface area contributed by atoms with Crippen LogP contribution in [0.1, 0.15) is 49.1 Å². The van der Waals surface area contributed by atoms with E-state index in [-0.39, 0.29) is 46.8 Å². The average Bonchev–Trinajstić information content (AvgIpc) is 3.52. The molecule has 11 heteroatoms. The molecule has 2 aromatic carbocycles. The van der Waals surface area contributed by atoms with Crippen LogP contribution in [0, 0.1) is 11.6 Å². The van der Waals surface area contributed by atoms with Crippen molar-refractivity contribution in [3.63, 3.8) is 0 Å². The van der Waals surface area contributed by atoms with Gasteiger partial charge in [-0.1, -0.05) is 12.1 Å². The van der Waals surface area contributed by atoms with E-state index in [4.69, 9.17) is 5.73 Å². The number of aromatic nitrogens is 2. The first-order valence-corrected chi connectivity index (χ1v) is 10.6. The monoisotopic (exact) mass is 477 g/mol. The number of carbonyl (C=O) groups is 1. The zero-order valence-corrected chi connectivity index (χ0v) is 18.2. The van der Waals surface area contributed by atoms with Crippen molar-refractivity contribution in [3.8, 4) is 5.69 Å². The molecule has 1 amide bonds. The molecular weight excluding hydrogens is 457 g/mol. The number of guanidine groups is 1. The number of hydrogen-bond donors (Lipinski definition) is 1. The van der Waals surface area contributed by atoms with Crippen molar-refractivity contribution in [3.05, 3.63) is 58.9 Å². The van der Waals surface area contributed by atoms with E-state index in [0.29, 0.717) is 18.9 Å². The number of carbonyl (C=O) groups excluding carboxylic acids is 1. The molecule has 2 aliphatic rings. The molecule has 0 unspecified atom stereocenters. The Balaban J connectivity index is 1.80. The van der Waals surface area contributed by atoms with Crippen LogP contribution in [0.25, 0.3) is 16.7 Å². The van der Waals surface area contributed by atoms with Crippen LogP contribution in [-0.4, -0.2) is 33.4 Å². The number of halogens is 5. The van der Waals surface area contributed by atoms with E-state index in [0.717, 1.165) is 15.5 Å². The molecule has 6 nitrogen and oxygen atoms in total. The maximum atomic E-state index is 16.1. The number of alkyl halides is 3. The lowest BCUT2D eigenvalue weighted by Crippen LogP contribution is -2.47. The molecule has 1 fully saturated rings. The number of fused-ring (bicyclic) bond motifs is 1. The standard InChI is InChI=1S/C23H20F5N5O/c1-22(10-16(34)32(2)21(29)31-22)12-4-3-5-15(18(12)25)33-19-14(30-20(33)11-6-7-11)9-8-13(24)17(19)23(26,27)28/h3-5,8-9,11H,6-7,10H2,1-2H3,(H2,29,31)/t22-/m0/s1. The summed E-state index contributed by atoms with van der Waals surface area (Å²) in [6.45, 7) is 1.53. The number of nitrogens with zero attached hydrogens (tertiary/aromatic N) is 4. The number of rotatable bonds is 3.